The molecule has 9 aromatic carbocycles. The van der Waals surface area contributed by atoms with Crippen LogP contribution in [-0.4, -0.2) is 0 Å². The van der Waals surface area contributed by atoms with Crippen LogP contribution in [0.3, 0.4) is 0 Å². The Morgan fingerprint density at radius 3 is 1.64 bits per heavy atom. The molecule has 0 unspecified atom stereocenters. The second-order valence-electron chi connectivity index (χ2n) is 17.5. The van der Waals surface area contributed by atoms with Crippen molar-refractivity contribution in [2.45, 2.75) is 51.4 Å². The molecule has 3 aliphatic carbocycles. The Hall–Kier alpha value is -6.24. The number of aryl methyl sites for hydroxylation is 2. The zero-order valence-electron chi connectivity index (χ0n) is 32.4. The fourth-order valence-corrected chi connectivity index (χ4v) is 11.2. The minimum absolute atomic E-state index is 0.0616. The predicted octanol–water partition coefficient (Wildman–Crippen LogP) is 14.9. The van der Waals surface area contributed by atoms with Gasteiger partial charge in [-0.05, 0) is 146 Å². The molecule has 0 radical (unpaired) electrons. The van der Waals surface area contributed by atoms with Crippen LogP contribution in [-0.2, 0) is 23.7 Å². The minimum Gasteiger partial charge on any atom is -0.0619 e. The monoisotopic (exact) mass is 714 g/mol. The molecule has 0 atom stereocenters. The lowest BCUT2D eigenvalue weighted by molar-refractivity contribution is 0.660. The van der Waals surface area contributed by atoms with Crippen LogP contribution in [0.2, 0.25) is 0 Å². The Balaban J connectivity index is 1.20. The number of fused-ring (bicyclic) bond motifs is 8. The van der Waals surface area contributed by atoms with Gasteiger partial charge in [0.2, 0.25) is 0 Å². The lowest BCUT2D eigenvalue weighted by Crippen LogP contribution is -2.14. The summed E-state index contributed by atoms with van der Waals surface area (Å²) in [6.07, 6.45) is 2.25. The van der Waals surface area contributed by atoms with E-state index in [0.717, 1.165) is 12.8 Å². The van der Waals surface area contributed by atoms with Gasteiger partial charge in [0.1, 0.15) is 0 Å². The molecule has 12 rings (SSSR count). The van der Waals surface area contributed by atoms with Crippen molar-refractivity contribution >= 4 is 32.3 Å². The van der Waals surface area contributed by atoms with Crippen molar-refractivity contribution in [2.75, 3.05) is 0 Å². The van der Waals surface area contributed by atoms with E-state index in [-0.39, 0.29) is 10.8 Å². The van der Waals surface area contributed by atoms with Crippen molar-refractivity contribution in [1.29, 1.82) is 0 Å². The van der Waals surface area contributed by atoms with E-state index in [4.69, 9.17) is 0 Å². The molecule has 0 bridgehead atoms. The van der Waals surface area contributed by atoms with Gasteiger partial charge in [-0.15, -0.1) is 0 Å². The molecule has 0 heterocycles. The highest BCUT2D eigenvalue weighted by Gasteiger charge is 2.38. The molecule has 0 spiro atoms. The normalized spacial score (nSPS) is 15.3. The lowest BCUT2D eigenvalue weighted by atomic mass is 9.79. The van der Waals surface area contributed by atoms with Crippen LogP contribution in [0.5, 0.6) is 0 Å². The molecule has 0 heteroatoms. The molecule has 0 amide bonds. The van der Waals surface area contributed by atoms with Crippen molar-refractivity contribution in [1.82, 2.24) is 0 Å². The minimum atomic E-state index is -0.0852. The second kappa shape index (κ2) is 11.2. The molecule has 0 nitrogen and oxygen atoms in total. The van der Waals surface area contributed by atoms with Crippen LogP contribution in [0, 0.1) is 0 Å². The van der Waals surface area contributed by atoms with Crippen LogP contribution in [0.15, 0.2) is 158 Å². The molecule has 56 heavy (non-hydrogen) atoms. The number of benzene rings is 9. The first-order chi connectivity index (χ1) is 27.3. The van der Waals surface area contributed by atoms with E-state index < -0.39 is 0 Å². The van der Waals surface area contributed by atoms with Gasteiger partial charge in [-0.3, -0.25) is 0 Å². The SMILES string of the molecule is CC1(C)c2ccccc2-c2ccc(-c3ccc4c(-c5ccc6c7c(cccc57)CC6)c5ccccc5c(-c5cccc6c5-c5ccccc5C6(C)C)c4c3)cc21. The van der Waals surface area contributed by atoms with Crippen molar-refractivity contribution in [3.05, 3.63) is 191 Å². The summed E-state index contributed by atoms with van der Waals surface area (Å²) >= 11 is 0. The van der Waals surface area contributed by atoms with Crippen molar-refractivity contribution in [3.8, 4) is 55.6 Å². The Kier molecular flexibility index (Phi) is 6.40. The van der Waals surface area contributed by atoms with E-state index in [9.17, 15) is 0 Å². The van der Waals surface area contributed by atoms with Gasteiger partial charge in [0.25, 0.3) is 0 Å². The van der Waals surface area contributed by atoms with Crippen LogP contribution < -0.4 is 0 Å². The van der Waals surface area contributed by atoms with E-state index in [0.29, 0.717) is 0 Å². The predicted molar refractivity (Wildman–Crippen MR) is 238 cm³/mol. The molecule has 0 saturated heterocycles. The number of hydrogen-bond acceptors (Lipinski definition) is 0. The van der Waals surface area contributed by atoms with Crippen molar-refractivity contribution in [2.24, 2.45) is 0 Å². The van der Waals surface area contributed by atoms with Gasteiger partial charge in [0.05, 0.1) is 0 Å². The first-order valence-corrected chi connectivity index (χ1v) is 20.3. The summed E-state index contributed by atoms with van der Waals surface area (Å²) in [4.78, 5) is 0. The third-order valence-corrected chi connectivity index (χ3v) is 14.0. The van der Waals surface area contributed by atoms with Crippen molar-refractivity contribution in [3.63, 3.8) is 0 Å². The molecule has 3 aliphatic rings. The fourth-order valence-electron chi connectivity index (χ4n) is 11.2. The van der Waals surface area contributed by atoms with E-state index in [1.807, 2.05) is 0 Å². The van der Waals surface area contributed by atoms with Gasteiger partial charge in [-0.2, -0.15) is 0 Å². The molecule has 0 aliphatic heterocycles. The molecule has 0 fully saturated rings. The van der Waals surface area contributed by atoms with Gasteiger partial charge in [0, 0.05) is 10.8 Å². The molecular weight excluding hydrogens is 673 g/mol. The first kappa shape index (κ1) is 32.0. The van der Waals surface area contributed by atoms with Gasteiger partial charge < -0.3 is 0 Å². The van der Waals surface area contributed by atoms with Gasteiger partial charge >= 0.3 is 0 Å². The lowest BCUT2D eigenvalue weighted by Gasteiger charge is -2.23. The zero-order valence-corrected chi connectivity index (χ0v) is 32.4. The average molecular weight is 715 g/mol. The maximum absolute atomic E-state index is 2.52. The fraction of sp³-hybridized carbons (Fsp3) is 0.143. The highest BCUT2D eigenvalue weighted by atomic mass is 14.4. The Bertz CT molecular complexity index is 3180. The number of hydrogen-bond donors (Lipinski definition) is 0. The molecule has 266 valence electrons. The van der Waals surface area contributed by atoms with Crippen LogP contribution in [0.25, 0.3) is 88.0 Å². The number of rotatable bonds is 3. The van der Waals surface area contributed by atoms with Crippen molar-refractivity contribution < 1.29 is 0 Å². The van der Waals surface area contributed by atoms with Gasteiger partial charge in [-0.25, -0.2) is 0 Å². The quantitative estimate of drug-likeness (QED) is 0.160. The molecule has 9 aromatic rings. The summed E-state index contributed by atoms with van der Waals surface area (Å²) in [5.74, 6) is 0. The smallest absolute Gasteiger partial charge is 0.0159 e. The maximum atomic E-state index is 2.52. The molecular formula is C56H42. The first-order valence-electron chi connectivity index (χ1n) is 20.3. The average Bonchev–Trinajstić information content (AvgIpc) is 3.84. The summed E-state index contributed by atoms with van der Waals surface area (Å²) in [5, 5.41) is 8.05. The van der Waals surface area contributed by atoms with E-state index in [2.05, 4.69) is 185 Å². The summed E-state index contributed by atoms with van der Waals surface area (Å²) < 4.78 is 0. The third kappa shape index (κ3) is 4.14. The van der Waals surface area contributed by atoms with Gasteiger partial charge in [-0.1, -0.05) is 173 Å². The van der Waals surface area contributed by atoms with E-state index >= 15 is 0 Å². The Morgan fingerprint density at radius 2 is 0.839 bits per heavy atom. The summed E-state index contributed by atoms with van der Waals surface area (Å²) in [5.41, 5.74) is 21.7. The summed E-state index contributed by atoms with van der Waals surface area (Å²) in [7, 11) is 0. The Morgan fingerprint density at radius 1 is 0.321 bits per heavy atom. The second-order valence-corrected chi connectivity index (χ2v) is 17.5. The van der Waals surface area contributed by atoms with Crippen LogP contribution in [0.1, 0.15) is 61.1 Å². The highest BCUT2D eigenvalue weighted by molar-refractivity contribution is 6.25. The summed E-state index contributed by atoms with van der Waals surface area (Å²) in [6, 6.07) is 60.6. The topological polar surface area (TPSA) is 0 Å². The van der Waals surface area contributed by atoms with E-state index in [1.165, 1.54) is 121 Å². The molecule has 0 N–H and O–H groups in total. The largest absolute Gasteiger partial charge is 0.0619 e. The van der Waals surface area contributed by atoms with Crippen LogP contribution in [0.4, 0.5) is 0 Å². The maximum Gasteiger partial charge on any atom is 0.0159 e. The standard InChI is InChI=1S/C56H42/c1-55(2)48-21-10-8-17-44(48)54-45(19-12-22-49(54)55)53-41-16-6-5-15-40(41)52(42-29-25-34-24-23-33-13-11-18-39(42)51(33)34)43-30-27-35(31-46(43)53)36-26-28-38-37-14-7-9-20-47(37)56(3,4)50(38)32-36/h5-22,25-32H,23-24H2,1-4H3. The zero-order chi connectivity index (χ0) is 37.5. The van der Waals surface area contributed by atoms with Gasteiger partial charge in [0.15, 0.2) is 0 Å². The van der Waals surface area contributed by atoms with Crippen LogP contribution >= 0.6 is 0 Å². The summed E-state index contributed by atoms with van der Waals surface area (Å²) in [6.45, 7) is 9.54. The Labute approximate surface area is 329 Å². The highest BCUT2D eigenvalue weighted by Crippen LogP contribution is 2.56. The third-order valence-electron chi connectivity index (χ3n) is 14.0. The van der Waals surface area contributed by atoms with E-state index in [1.54, 1.807) is 0 Å². The molecule has 0 saturated carbocycles. The molecule has 0 aromatic heterocycles.